The Labute approximate surface area is 236 Å². The monoisotopic (exact) mass is 552 g/mol. The fraction of sp³-hybridized carbons (Fsp3) is 0.258. The number of ketones is 1. The largest absolute Gasteiger partial charge is 0.454 e. The first kappa shape index (κ1) is 26.2. The second-order valence-electron chi connectivity index (χ2n) is 10.2. The van der Waals surface area contributed by atoms with E-state index in [1.807, 2.05) is 12.1 Å². The Morgan fingerprint density at radius 1 is 1.05 bits per heavy atom. The predicted octanol–water partition coefficient (Wildman–Crippen LogP) is 3.73. The predicted molar refractivity (Wildman–Crippen MR) is 149 cm³/mol. The second kappa shape index (κ2) is 11.2. The van der Waals surface area contributed by atoms with Crippen molar-refractivity contribution in [3.05, 3.63) is 90.3 Å². The topological polar surface area (TPSA) is 118 Å². The van der Waals surface area contributed by atoms with Crippen LogP contribution in [0, 0.1) is 5.92 Å². The number of benzene rings is 2. The lowest BCUT2D eigenvalue weighted by Crippen LogP contribution is -2.54. The number of rotatable bonds is 8. The highest BCUT2D eigenvalue weighted by molar-refractivity contribution is 6.52. The van der Waals surface area contributed by atoms with Gasteiger partial charge in [0.2, 0.25) is 18.6 Å². The number of amides is 3. The zero-order chi connectivity index (χ0) is 28.3. The maximum absolute atomic E-state index is 14.1. The fourth-order valence-corrected chi connectivity index (χ4v) is 5.57. The fourth-order valence-electron chi connectivity index (χ4n) is 5.57. The molecule has 3 aromatic rings. The number of nitrogens with one attached hydrogen (secondary N) is 1. The summed E-state index contributed by atoms with van der Waals surface area (Å²) in [6, 6.07) is 14.5. The quantitative estimate of drug-likeness (QED) is 0.334. The molecule has 3 amide bonds. The van der Waals surface area contributed by atoms with Gasteiger partial charge in [-0.2, -0.15) is 0 Å². The molecule has 2 aromatic carbocycles. The molecule has 1 aliphatic carbocycles. The molecule has 0 radical (unpaired) electrons. The number of anilines is 2. The molecule has 10 heteroatoms. The lowest BCUT2D eigenvalue weighted by atomic mass is 9.85. The molecule has 6 rings (SSSR count). The van der Waals surface area contributed by atoms with Crippen LogP contribution in [0.1, 0.15) is 35.2 Å². The molecule has 3 aliphatic rings. The van der Waals surface area contributed by atoms with Crippen LogP contribution in [0.15, 0.2) is 79.1 Å². The summed E-state index contributed by atoms with van der Waals surface area (Å²) in [7, 11) is 0. The Bertz CT molecular complexity index is 1540. The highest BCUT2D eigenvalue weighted by atomic mass is 16.7. The Hall–Kier alpha value is -4.99. The number of hydrogen-bond donors (Lipinski definition) is 1. The summed E-state index contributed by atoms with van der Waals surface area (Å²) in [5.74, 6) is -1.27. The molecular formula is C31H28N4O6. The lowest BCUT2D eigenvalue weighted by molar-refractivity contribution is -0.140. The van der Waals surface area contributed by atoms with Crippen LogP contribution >= 0.6 is 0 Å². The van der Waals surface area contributed by atoms with Gasteiger partial charge in [-0.25, -0.2) is 0 Å². The maximum atomic E-state index is 14.1. The van der Waals surface area contributed by atoms with Crippen LogP contribution in [-0.4, -0.2) is 52.8 Å². The van der Waals surface area contributed by atoms with Gasteiger partial charge in [0.15, 0.2) is 11.5 Å². The third-order valence-electron chi connectivity index (χ3n) is 7.57. The SMILES string of the molecule is O=C1C(=O)N(CC(=O)N(Cc2cccnc2)[C@H](C(=O)Nc2ccc3c(c2)OCO3)[C@H]2CC=CCC2)c2ccccc21. The highest BCUT2D eigenvalue weighted by Gasteiger charge is 2.41. The van der Waals surface area contributed by atoms with Gasteiger partial charge in [0.05, 0.1) is 11.3 Å². The van der Waals surface area contributed by atoms with Crippen LogP contribution in [0.5, 0.6) is 11.5 Å². The van der Waals surface area contributed by atoms with Crippen LogP contribution in [0.4, 0.5) is 11.4 Å². The van der Waals surface area contributed by atoms with Crippen molar-refractivity contribution < 1.29 is 28.7 Å². The summed E-state index contributed by atoms with van der Waals surface area (Å²) in [6.07, 6.45) is 9.48. The van der Waals surface area contributed by atoms with Gasteiger partial charge in [-0.15, -0.1) is 0 Å². The van der Waals surface area contributed by atoms with Crippen LogP contribution in [0.2, 0.25) is 0 Å². The van der Waals surface area contributed by atoms with Gasteiger partial charge < -0.3 is 19.7 Å². The number of hydrogen-bond acceptors (Lipinski definition) is 7. The third kappa shape index (κ3) is 5.28. The van der Waals surface area contributed by atoms with Crippen molar-refractivity contribution in [2.45, 2.75) is 31.8 Å². The zero-order valence-corrected chi connectivity index (χ0v) is 22.2. The first-order valence-electron chi connectivity index (χ1n) is 13.5. The molecule has 0 saturated carbocycles. The molecule has 41 heavy (non-hydrogen) atoms. The number of aromatic nitrogens is 1. The molecule has 2 aliphatic heterocycles. The van der Waals surface area contributed by atoms with Gasteiger partial charge in [0, 0.05) is 30.7 Å². The first-order chi connectivity index (χ1) is 20.0. The van der Waals surface area contributed by atoms with E-state index in [0.29, 0.717) is 35.7 Å². The summed E-state index contributed by atoms with van der Waals surface area (Å²) in [4.78, 5) is 60.6. The number of pyridine rings is 1. The standard InChI is InChI=1S/C31H28N4O6/c36-27(18-34-24-11-5-4-10-23(24)29(37)31(34)39)35(17-20-7-6-14-32-16-20)28(21-8-2-1-3-9-21)30(38)33-22-12-13-25-26(15-22)41-19-40-25/h1-2,4-7,10-16,21,28H,3,8-9,17-19H2,(H,33,38)/t21-,28-/m0/s1. The summed E-state index contributed by atoms with van der Waals surface area (Å²) >= 11 is 0. The van der Waals surface area contributed by atoms with E-state index in [1.165, 1.54) is 9.80 Å². The molecule has 3 heterocycles. The Balaban J connectivity index is 1.33. The summed E-state index contributed by atoms with van der Waals surface area (Å²) < 4.78 is 10.8. The van der Waals surface area contributed by atoms with Crippen LogP contribution < -0.4 is 19.7 Å². The van der Waals surface area contributed by atoms with E-state index in [0.717, 1.165) is 12.0 Å². The van der Waals surface area contributed by atoms with Crippen molar-refractivity contribution in [2.75, 3.05) is 23.6 Å². The lowest BCUT2D eigenvalue weighted by Gasteiger charge is -2.37. The molecule has 0 bridgehead atoms. The van der Waals surface area contributed by atoms with Crippen LogP contribution in [0.3, 0.4) is 0 Å². The molecule has 2 atom stereocenters. The number of Topliss-reactive ketones (excluding diaryl/α,β-unsaturated/α-hetero) is 1. The minimum Gasteiger partial charge on any atom is -0.454 e. The number of carbonyl (C=O) groups excluding carboxylic acids is 4. The van der Waals surface area contributed by atoms with Crippen molar-refractivity contribution in [3.63, 3.8) is 0 Å². The van der Waals surface area contributed by atoms with Crippen molar-refractivity contribution in [3.8, 4) is 11.5 Å². The number of para-hydroxylation sites is 1. The van der Waals surface area contributed by atoms with Gasteiger partial charge >= 0.3 is 0 Å². The van der Waals surface area contributed by atoms with Gasteiger partial charge in [-0.05, 0) is 61.1 Å². The summed E-state index contributed by atoms with van der Waals surface area (Å²) in [6.45, 7) is -0.167. The first-order valence-corrected chi connectivity index (χ1v) is 13.5. The Kier molecular flexibility index (Phi) is 7.20. The maximum Gasteiger partial charge on any atom is 0.299 e. The van der Waals surface area contributed by atoms with E-state index >= 15 is 0 Å². The molecule has 0 fully saturated rings. The second-order valence-corrected chi connectivity index (χ2v) is 10.2. The van der Waals surface area contributed by atoms with Gasteiger partial charge in [-0.1, -0.05) is 30.4 Å². The summed E-state index contributed by atoms with van der Waals surface area (Å²) in [5, 5.41) is 2.97. The molecule has 0 saturated heterocycles. The van der Waals surface area contributed by atoms with E-state index in [2.05, 4.69) is 16.4 Å². The highest BCUT2D eigenvalue weighted by Crippen LogP contribution is 2.35. The zero-order valence-electron chi connectivity index (χ0n) is 22.2. The van der Waals surface area contributed by atoms with E-state index in [-0.39, 0.29) is 37.3 Å². The number of carbonyl (C=O) groups is 4. The normalized spacial score (nSPS) is 17.8. The van der Waals surface area contributed by atoms with E-state index in [9.17, 15) is 19.2 Å². The average molecular weight is 553 g/mol. The number of allylic oxidation sites excluding steroid dienone is 2. The van der Waals surface area contributed by atoms with Gasteiger partial charge in [0.25, 0.3) is 11.7 Å². The average Bonchev–Trinajstić information content (AvgIpc) is 3.56. The van der Waals surface area contributed by atoms with Crippen molar-refractivity contribution >= 4 is 34.9 Å². The van der Waals surface area contributed by atoms with E-state index in [4.69, 9.17) is 9.47 Å². The minimum absolute atomic E-state index is 0.101. The molecule has 1 aromatic heterocycles. The van der Waals surface area contributed by atoms with Gasteiger partial charge in [0.1, 0.15) is 12.6 Å². The Morgan fingerprint density at radius 3 is 2.71 bits per heavy atom. The molecule has 208 valence electrons. The molecule has 0 unspecified atom stereocenters. The van der Waals surface area contributed by atoms with Crippen LogP contribution in [-0.2, 0) is 20.9 Å². The van der Waals surface area contributed by atoms with Crippen molar-refractivity contribution in [2.24, 2.45) is 5.92 Å². The molecular weight excluding hydrogens is 524 g/mol. The number of nitrogens with zero attached hydrogens (tertiary/aromatic N) is 3. The number of ether oxygens (including phenoxy) is 2. The minimum atomic E-state index is -0.860. The van der Waals surface area contributed by atoms with Crippen LogP contribution in [0.25, 0.3) is 0 Å². The van der Waals surface area contributed by atoms with E-state index in [1.54, 1.807) is 60.9 Å². The van der Waals surface area contributed by atoms with E-state index < -0.39 is 23.6 Å². The smallest absolute Gasteiger partial charge is 0.299 e. The van der Waals surface area contributed by atoms with Gasteiger partial charge in [-0.3, -0.25) is 29.1 Å². The summed E-state index contributed by atoms with van der Waals surface area (Å²) in [5.41, 5.74) is 1.90. The number of fused-ring (bicyclic) bond motifs is 2. The van der Waals surface area contributed by atoms with Crippen molar-refractivity contribution in [1.29, 1.82) is 0 Å². The molecule has 0 spiro atoms. The third-order valence-corrected chi connectivity index (χ3v) is 7.57. The molecule has 1 N–H and O–H groups in total. The van der Waals surface area contributed by atoms with Crippen molar-refractivity contribution in [1.82, 2.24) is 9.88 Å². The molecule has 10 nitrogen and oxygen atoms in total. The Morgan fingerprint density at radius 2 is 1.90 bits per heavy atom.